The van der Waals surface area contributed by atoms with Gasteiger partial charge < -0.3 is 10.2 Å². The summed E-state index contributed by atoms with van der Waals surface area (Å²) >= 11 is 0. The molecule has 1 aromatic rings. The van der Waals surface area contributed by atoms with Crippen molar-refractivity contribution in [2.75, 3.05) is 6.54 Å². The van der Waals surface area contributed by atoms with Crippen LogP contribution in [0.3, 0.4) is 0 Å². The normalized spacial score (nSPS) is 16.1. The van der Waals surface area contributed by atoms with Gasteiger partial charge in [0.1, 0.15) is 0 Å². The van der Waals surface area contributed by atoms with Crippen molar-refractivity contribution in [1.29, 1.82) is 0 Å². The molecule has 1 aliphatic rings. The van der Waals surface area contributed by atoms with Gasteiger partial charge in [-0.1, -0.05) is 19.1 Å². The number of hydrogen-bond acceptors (Lipinski definition) is 3. The van der Waals surface area contributed by atoms with Gasteiger partial charge in [-0.05, 0) is 30.5 Å². The molecule has 0 aliphatic heterocycles. The molecular formula is C15H19NO4. The smallest absolute Gasteiger partial charge is 0.335 e. The summed E-state index contributed by atoms with van der Waals surface area (Å²) in [6.07, 6.45) is 2.22. The highest BCUT2D eigenvalue weighted by atomic mass is 16.4. The van der Waals surface area contributed by atoms with Gasteiger partial charge in [0.2, 0.25) is 0 Å². The van der Waals surface area contributed by atoms with Gasteiger partial charge in [0.25, 0.3) is 0 Å². The highest BCUT2D eigenvalue weighted by molar-refractivity contribution is 5.87. The van der Waals surface area contributed by atoms with Crippen LogP contribution in [0.5, 0.6) is 0 Å². The predicted octanol–water partition coefficient (Wildman–Crippen LogP) is 2.07. The molecule has 1 aromatic carbocycles. The fourth-order valence-electron chi connectivity index (χ4n) is 2.20. The van der Waals surface area contributed by atoms with Crippen LogP contribution in [0, 0.1) is 5.92 Å². The first-order valence-electron chi connectivity index (χ1n) is 6.76. The number of carbonyl (C=O) groups is 2. The van der Waals surface area contributed by atoms with E-state index in [0.717, 1.165) is 18.4 Å². The lowest BCUT2D eigenvalue weighted by Gasteiger charge is -2.24. The summed E-state index contributed by atoms with van der Waals surface area (Å²) in [5.41, 5.74) is 1.28. The molecule has 0 bridgehead atoms. The molecule has 108 valence electrons. The van der Waals surface area contributed by atoms with E-state index < -0.39 is 17.9 Å². The Hall–Kier alpha value is -1.88. The van der Waals surface area contributed by atoms with E-state index in [9.17, 15) is 9.59 Å². The van der Waals surface area contributed by atoms with Crippen LogP contribution in [0.1, 0.15) is 35.7 Å². The number of aliphatic carboxylic acids is 1. The van der Waals surface area contributed by atoms with Crippen molar-refractivity contribution in [3.63, 3.8) is 0 Å². The maximum Gasteiger partial charge on any atom is 0.335 e. The Bertz CT molecular complexity index is 493. The Kier molecular flexibility index (Phi) is 4.39. The second kappa shape index (κ2) is 6.05. The van der Waals surface area contributed by atoms with E-state index in [0.29, 0.717) is 19.1 Å². The van der Waals surface area contributed by atoms with Crippen molar-refractivity contribution in [2.24, 2.45) is 5.92 Å². The van der Waals surface area contributed by atoms with Crippen LogP contribution >= 0.6 is 0 Å². The zero-order valence-electron chi connectivity index (χ0n) is 11.5. The number of nitrogens with zero attached hydrogens (tertiary/aromatic N) is 1. The fourth-order valence-corrected chi connectivity index (χ4v) is 2.20. The number of aromatic carboxylic acids is 1. The van der Waals surface area contributed by atoms with Crippen molar-refractivity contribution in [3.05, 3.63) is 35.4 Å². The summed E-state index contributed by atoms with van der Waals surface area (Å²) in [6.45, 7) is 2.91. The van der Waals surface area contributed by atoms with Gasteiger partial charge >= 0.3 is 11.9 Å². The molecule has 1 atom stereocenters. The molecule has 1 unspecified atom stereocenters. The lowest BCUT2D eigenvalue weighted by Crippen LogP contribution is -2.33. The lowest BCUT2D eigenvalue weighted by molar-refractivity contribution is -0.141. The second-order valence-electron chi connectivity index (χ2n) is 5.40. The Morgan fingerprint density at radius 3 is 2.30 bits per heavy atom. The van der Waals surface area contributed by atoms with Crippen molar-refractivity contribution < 1.29 is 19.8 Å². The SMILES string of the molecule is CC(CN(Cc1ccc(C(=O)O)cc1)C1CC1)C(=O)O. The minimum absolute atomic E-state index is 0.269. The van der Waals surface area contributed by atoms with Crippen molar-refractivity contribution >= 4 is 11.9 Å². The number of rotatable bonds is 7. The summed E-state index contributed by atoms with van der Waals surface area (Å²) in [5, 5.41) is 17.9. The third-order valence-corrected chi connectivity index (χ3v) is 3.58. The molecule has 5 nitrogen and oxygen atoms in total. The summed E-state index contributed by atoms with van der Waals surface area (Å²) in [4.78, 5) is 23.9. The van der Waals surface area contributed by atoms with E-state index in [4.69, 9.17) is 10.2 Å². The van der Waals surface area contributed by atoms with E-state index in [1.165, 1.54) is 0 Å². The highest BCUT2D eigenvalue weighted by Gasteiger charge is 2.31. The van der Waals surface area contributed by atoms with E-state index in [2.05, 4.69) is 4.90 Å². The van der Waals surface area contributed by atoms with Gasteiger partial charge in [0.15, 0.2) is 0 Å². The molecule has 0 aromatic heterocycles. The Balaban J connectivity index is 2.00. The van der Waals surface area contributed by atoms with E-state index in [1.54, 1.807) is 31.2 Å². The Labute approximate surface area is 117 Å². The summed E-state index contributed by atoms with van der Waals surface area (Å²) < 4.78 is 0. The molecule has 1 fully saturated rings. The quantitative estimate of drug-likeness (QED) is 0.797. The first-order valence-corrected chi connectivity index (χ1v) is 6.76. The third kappa shape index (κ3) is 3.81. The molecule has 20 heavy (non-hydrogen) atoms. The monoisotopic (exact) mass is 277 g/mol. The van der Waals surface area contributed by atoms with Crippen LogP contribution in [0.25, 0.3) is 0 Å². The maximum absolute atomic E-state index is 11.0. The number of carboxylic acids is 2. The second-order valence-corrected chi connectivity index (χ2v) is 5.40. The van der Waals surface area contributed by atoms with Gasteiger partial charge in [-0.2, -0.15) is 0 Å². The molecule has 2 N–H and O–H groups in total. The van der Waals surface area contributed by atoms with Crippen LogP contribution in [0.15, 0.2) is 24.3 Å². The van der Waals surface area contributed by atoms with Crippen molar-refractivity contribution in [1.82, 2.24) is 4.90 Å². The van der Waals surface area contributed by atoms with Gasteiger partial charge in [-0.3, -0.25) is 9.69 Å². The number of hydrogen-bond donors (Lipinski definition) is 2. The first-order chi connectivity index (χ1) is 9.47. The summed E-state index contributed by atoms with van der Waals surface area (Å²) in [7, 11) is 0. The molecule has 0 amide bonds. The maximum atomic E-state index is 11.0. The van der Waals surface area contributed by atoms with Crippen LogP contribution in [-0.4, -0.2) is 39.6 Å². The fraction of sp³-hybridized carbons (Fsp3) is 0.467. The van der Waals surface area contributed by atoms with Gasteiger partial charge in [-0.25, -0.2) is 4.79 Å². The van der Waals surface area contributed by atoms with Gasteiger partial charge in [-0.15, -0.1) is 0 Å². The van der Waals surface area contributed by atoms with Gasteiger partial charge in [0.05, 0.1) is 11.5 Å². The lowest BCUT2D eigenvalue weighted by atomic mass is 10.1. The third-order valence-electron chi connectivity index (χ3n) is 3.58. The van der Waals surface area contributed by atoms with Gasteiger partial charge in [0, 0.05) is 19.1 Å². The molecule has 0 heterocycles. The molecule has 1 aliphatic carbocycles. The molecular weight excluding hydrogens is 258 g/mol. The number of carboxylic acid groups (broad SMARTS) is 2. The van der Waals surface area contributed by atoms with Crippen LogP contribution in [0.2, 0.25) is 0 Å². The minimum atomic E-state index is -0.935. The van der Waals surface area contributed by atoms with E-state index in [1.807, 2.05) is 0 Å². The predicted molar refractivity (Wildman–Crippen MR) is 73.6 cm³/mol. The largest absolute Gasteiger partial charge is 0.481 e. The van der Waals surface area contributed by atoms with Crippen molar-refractivity contribution in [2.45, 2.75) is 32.4 Å². The number of benzene rings is 1. The van der Waals surface area contributed by atoms with Crippen LogP contribution in [-0.2, 0) is 11.3 Å². The van der Waals surface area contributed by atoms with E-state index >= 15 is 0 Å². The minimum Gasteiger partial charge on any atom is -0.481 e. The topological polar surface area (TPSA) is 77.8 Å². The standard InChI is InChI=1S/C15H19NO4/c1-10(14(17)18)8-16(13-6-7-13)9-11-2-4-12(5-3-11)15(19)20/h2-5,10,13H,6-9H2,1H3,(H,17,18)(H,19,20). The van der Waals surface area contributed by atoms with Crippen molar-refractivity contribution in [3.8, 4) is 0 Å². The van der Waals surface area contributed by atoms with Crippen LogP contribution < -0.4 is 0 Å². The zero-order valence-corrected chi connectivity index (χ0v) is 11.5. The highest BCUT2D eigenvalue weighted by Crippen LogP contribution is 2.29. The Morgan fingerprint density at radius 2 is 1.85 bits per heavy atom. The van der Waals surface area contributed by atoms with Crippen LogP contribution in [0.4, 0.5) is 0 Å². The average Bonchev–Trinajstić information content (AvgIpc) is 3.22. The molecule has 5 heteroatoms. The Morgan fingerprint density at radius 1 is 1.25 bits per heavy atom. The zero-order chi connectivity index (χ0) is 14.7. The molecule has 2 rings (SSSR count). The first kappa shape index (κ1) is 14.5. The average molecular weight is 277 g/mol. The van der Waals surface area contributed by atoms with E-state index in [-0.39, 0.29) is 5.56 Å². The molecule has 1 saturated carbocycles. The molecule has 0 saturated heterocycles. The summed E-state index contributed by atoms with van der Waals surface area (Å²) in [5.74, 6) is -2.11. The molecule has 0 radical (unpaired) electrons. The summed E-state index contributed by atoms with van der Waals surface area (Å²) in [6, 6.07) is 7.23. The molecule has 0 spiro atoms.